The molecule has 6 aromatic carbocycles. The number of halogens is 9. The minimum atomic E-state index is -0.661. The van der Waals surface area contributed by atoms with Crippen molar-refractivity contribution in [3.63, 3.8) is 0 Å². The number of amides is 3. The predicted octanol–water partition coefficient (Wildman–Crippen LogP) is 15.0. The lowest BCUT2D eigenvalue weighted by Gasteiger charge is -2.48. The Kier molecular flexibility index (Phi) is 19.8. The van der Waals surface area contributed by atoms with E-state index in [0.717, 1.165) is 45.2 Å². The Morgan fingerprint density at radius 1 is 0.470 bits per heavy atom. The second-order valence-electron chi connectivity index (χ2n) is 30.7. The lowest BCUT2D eigenvalue weighted by molar-refractivity contribution is -0.128. The van der Waals surface area contributed by atoms with Gasteiger partial charge in [0.15, 0.2) is 17.5 Å². The van der Waals surface area contributed by atoms with E-state index in [2.05, 4.69) is 69.2 Å². The van der Waals surface area contributed by atoms with Crippen LogP contribution in [0.3, 0.4) is 0 Å². The summed E-state index contributed by atoms with van der Waals surface area (Å²) in [6, 6.07) is 25.2. The van der Waals surface area contributed by atoms with E-state index in [4.69, 9.17) is 54.5 Å². The van der Waals surface area contributed by atoms with Gasteiger partial charge in [-0.25, -0.2) is 36.3 Å². The van der Waals surface area contributed by atoms with Gasteiger partial charge in [-0.3, -0.25) is 29.3 Å². The van der Waals surface area contributed by atoms with Crippen molar-refractivity contribution in [1.82, 2.24) is 64.5 Å². The Bertz CT molecular complexity index is 6200. The van der Waals surface area contributed by atoms with Crippen molar-refractivity contribution >= 4 is 147 Å². The number of likely N-dealkylation sites (tertiary alicyclic amines) is 3. The zero-order valence-corrected chi connectivity index (χ0v) is 66.1. The number of carbonyl (C=O) groups excluding carboxylic acids is 3. The van der Waals surface area contributed by atoms with E-state index in [9.17, 15) is 27.6 Å². The van der Waals surface area contributed by atoms with Crippen LogP contribution in [0.4, 0.5) is 55.7 Å². The number of rotatable bonds is 15. The Labute approximate surface area is 682 Å². The third-order valence-electron chi connectivity index (χ3n) is 24.1. The van der Waals surface area contributed by atoms with Gasteiger partial charge in [-0.2, -0.15) is 19.9 Å². The molecule has 0 spiro atoms. The maximum Gasteiger partial charge on any atom is 0.319 e. The molecular weight excluding hydrogens is 1570 g/mol. The van der Waals surface area contributed by atoms with Crippen LogP contribution >= 0.6 is 34.8 Å². The molecule has 6 atom stereocenters. The molecule has 1 saturated carbocycles. The minimum absolute atomic E-state index is 0.0147. The van der Waals surface area contributed by atoms with Gasteiger partial charge < -0.3 is 48.8 Å². The molecule has 6 aromatic heterocycles. The average Bonchev–Trinajstić information content (AvgIpc) is 1.50. The molecule has 0 N–H and O–H groups in total. The second kappa shape index (κ2) is 30.2. The highest BCUT2D eigenvalue weighted by Crippen LogP contribution is 2.48. The molecular formula is C86H75Cl3F6N18O4. The number of pyridine rings is 3. The van der Waals surface area contributed by atoms with E-state index in [0.29, 0.717) is 146 Å². The first kappa shape index (κ1) is 76.7. The van der Waals surface area contributed by atoms with E-state index in [1.165, 1.54) is 36.4 Å². The molecule has 1 aliphatic carbocycles. The molecule has 0 radical (unpaired) electrons. The maximum absolute atomic E-state index is 16.5. The Morgan fingerprint density at radius 2 is 0.846 bits per heavy atom. The van der Waals surface area contributed by atoms with Gasteiger partial charge in [0, 0.05) is 123 Å². The fourth-order valence-corrected chi connectivity index (χ4v) is 18.2. The molecule has 22 nitrogen and oxygen atoms in total. The average molecular weight is 1650 g/mol. The summed E-state index contributed by atoms with van der Waals surface area (Å²) < 4.78 is 98.2. The van der Waals surface area contributed by atoms with Gasteiger partial charge in [-0.1, -0.05) is 127 Å². The van der Waals surface area contributed by atoms with Crippen molar-refractivity contribution in [3.05, 3.63) is 198 Å². The highest BCUT2D eigenvalue weighted by atomic mass is 35.5. The van der Waals surface area contributed by atoms with Crippen LogP contribution in [0.2, 0.25) is 15.1 Å². The van der Waals surface area contributed by atoms with E-state index in [-0.39, 0.29) is 115 Å². The summed E-state index contributed by atoms with van der Waals surface area (Å²) in [5, 5.41) is 4.36. The summed E-state index contributed by atoms with van der Waals surface area (Å²) in [5.74, 6) is -1.38. The van der Waals surface area contributed by atoms with E-state index in [1.54, 1.807) is 91.4 Å². The van der Waals surface area contributed by atoms with Crippen molar-refractivity contribution in [1.29, 1.82) is 0 Å². The number of carbonyl (C=O) groups is 3. The fraction of sp³-hybridized carbons (Fsp3) is 0.302. The number of anilines is 5. The quantitative estimate of drug-likeness (QED) is 0.0691. The number of fused-ring (bicyclic) bond motifs is 9. The molecule has 7 aliphatic heterocycles. The van der Waals surface area contributed by atoms with Crippen molar-refractivity contribution in [2.24, 2.45) is 0 Å². The monoisotopic (exact) mass is 1640 g/mol. The van der Waals surface area contributed by atoms with Crippen molar-refractivity contribution in [2.45, 2.75) is 87.4 Å². The summed E-state index contributed by atoms with van der Waals surface area (Å²) >= 11 is 19.0. The first-order valence-electron chi connectivity index (χ1n) is 38.6. The van der Waals surface area contributed by atoms with Gasteiger partial charge in [-0.05, 0) is 106 Å². The summed E-state index contributed by atoms with van der Waals surface area (Å²) in [5.41, 5.74) is 1.59. The molecule has 596 valence electrons. The molecule has 8 fully saturated rings. The van der Waals surface area contributed by atoms with Crippen LogP contribution in [-0.4, -0.2) is 211 Å². The first-order valence-corrected chi connectivity index (χ1v) is 39.8. The Balaban J connectivity index is 0.000000121. The Hall–Kier alpha value is -11.6. The molecule has 31 heteroatoms. The van der Waals surface area contributed by atoms with Gasteiger partial charge in [0.05, 0.1) is 67.5 Å². The molecule has 20 rings (SSSR count). The first-order chi connectivity index (χ1) is 56.5. The van der Waals surface area contributed by atoms with E-state index >= 15 is 13.2 Å². The zero-order chi connectivity index (χ0) is 81.4. The van der Waals surface area contributed by atoms with Gasteiger partial charge in [0.2, 0.25) is 29.6 Å². The summed E-state index contributed by atoms with van der Waals surface area (Å²) in [4.78, 5) is 96.3. The normalized spacial score (nSPS) is 19.9. The van der Waals surface area contributed by atoms with Crippen LogP contribution < -0.4 is 29.2 Å². The van der Waals surface area contributed by atoms with Gasteiger partial charge in [0.25, 0.3) is 0 Å². The van der Waals surface area contributed by atoms with Crippen LogP contribution in [0, 0.1) is 34.9 Å². The third kappa shape index (κ3) is 13.0. The largest absolute Gasteiger partial charge is 0.460 e. The van der Waals surface area contributed by atoms with Crippen LogP contribution in [0.1, 0.15) is 39.0 Å². The molecule has 12 aromatic rings. The smallest absolute Gasteiger partial charge is 0.319 e. The summed E-state index contributed by atoms with van der Waals surface area (Å²) in [7, 11) is 5.90. The SMILES string of the molecule is C=CC(=O)N1CC[C@@H]2[C@H]1CN2c1nc(N(C)CC)nc2c(F)c(-c3cccc4ccc(F)c(Cl)c34)ncc12.C=CC(=O)N1CC[C@@H]2[C@H]1CN2c1nc(N2CC(N(C)C)C2)nc2c(F)c(-c3cccc4ccc(F)c(Cl)c34)ncc12.C=CC(=O)N1CC[C@@H]2[C@H]1CN2c1nc(OC2CC2)nc2c(F)c(-c3cccc4ccc(F)c(Cl)c34)ncc12. The molecule has 0 bridgehead atoms. The van der Waals surface area contributed by atoms with Crippen molar-refractivity contribution in [3.8, 4) is 39.8 Å². The maximum atomic E-state index is 16.5. The van der Waals surface area contributed by atoms with E-state index < -0.39 is 34.9 Å². The lowest BCUT2D eigenvalue weighted by Crippen LogP contribution is -2.63. The summed E-state index contributed by atoms with van der Waals surface area (Å²) in [6.07, 6.45) is 12.9. The predicted molar refractivity (Wildman–Crippen MR) is 442 cm³/mol. The molecule has 117 heavy (non-hydrogen) atoms. The topological polar surface area (TPSA) is 206 Å². The summed E-state index contributed by atoms with van der Waals surface area (Å²) in [6.45, 7) is 18.5. The molecule has 0 unspecified atom stereocenters. The highest BCUT2D eigenvalue weighted by molar-refractivity contribution is 6.38. The third-order valence-corrected chi connectivity index (χ3v) is 25.2. The molecule has 3 amide bonds. The number of ether oxygens (including phenoxy) is 1. The second-order valence-corrected chi connectivity index (χ2v) is 31.8. The van der Waals surface area contributed by atoms with Gasteiger partial charge in [-0.15, -0.1) is 0 Å². The number of likely N-dealkylation sites (N-methyl/N-ethyl adjacent to an activating group) is 1. The van der Waals surface area contributed by atoms with Crippen LogP contribution in [0.5, 0.6) is 6.01 Å². The van der Waals surface area contributed by atoms with Crippen LogP contribution in [-0.2, 0) is 14.4 Å². The molecule has 13 heterocycles. The zero-order valence-electron chi connectivity index (χ0n) is 63.8. The molecule has 7 saturated heterocycles. The van der Waals surface area contributed by atoms with Crippen LogP contribution in [0.25, 0.3) is 98.8 Å². The lowest BCUT2D eigenvalue weighted by atomic mass is 9.96. The number of hydrogen-bond donors (Lipinski definition) is 0. The molecule has 8 aliphatic rings. The number of nitrogens with zero attached hydrogens (tertiary/aromatic N) is 18. The van der Waals surface area contributed by atoms with Gasteiger partial charge >= 0.3 is 6.01 Å². The van der Waals surface area contributed by atoms with Crippen LogP contribution in [0.15, 0.2) is 148 Å². The van der Waals surface area contributed by atoms with E-state index in [1.807, 2.05) is 52.6 Å². The van der Waals surface area contributed by atoms with Gasteiger partial charge in [0.1, 0.15) is 74.6 Å². The minimum Gasteiger partial charge on any atom is -0.460 e. The number of benzene rings is 6. The van der Waals surface area contributed by atoms with Crippen molar-refractivity contribution < 1.29 is 45.5 Å². The highest BCUT2D eigenvalue weighted by Gasteiger charge is 2.53. The van der Waals surface area contributed by atoms with Crippen molar-refractivity contribution in [2.75, 3.05) is 105 Å². The number of aromatic nitrogens is 9. The standard InChI is InChI=1S/C30H28ClF2N7O.C28H25ClF2N6O.C28H22ClF2N5O2/c1-4-23(41)39-11-10-21-22(39)15-40(21)29-19-12-34-27(18-7-5-6-16-8-9-20(32)25(31)24(16)18)26(33)28(19)35-30(36-29)38-13-17(14-38)37(2)3;1-4-21(38)36-12-11-19-20(36)14-37(19)27-17-13-32-25(24(31)26(17)33-28(34-27)35(3)5-2)16-8-6-7-15-9-10-18(30)23(29)22(15)16;1-2-21(37)35-11-10-19-20(35)13-36(19)27-17-12-32-25(24(31)26(17)33-28(34-27)38-15-7-8-15)16-5-3-4-14-6-9-18(30)23(29)22(14)16/h4-9,12,17,21-22H,1,10-11,13-15H2,2-3H3;4,6-10,13,19-20H,1,5,11-12,14H2,2-3H3;2-6,9,12,15,19-20H,1,7-8,10-11,13H2/t21-,22-;2*19-,20-/m111/s1. The number of hydrogen-bond acceptors (Lipinski definition) is 19. The Morgan fingerprint density at radius 3 is 1.22 bits per heavy atom. The fourth-order valence-electron chi connectivity index (χ4n) is 17.4.